The number of ether oxygens (including phenoxy) is 8. The molecule has 22 heteroatoms. The van der Waals surface area contributed by atoms with Gasteiger partial charge >= 0.3 is 0 Å². The lowest BCUT2D eigenvalue weighted by Gasteiger charge is -2.15. The van der Waals surface area contributed by atoms with Crippen molar-refractivity contribution < 1.29 is 43.0 Å². The van der Waals surface area contributed by atoms with E-state index in [0.29, 0.717) is 36.2 Å². The highest BCUT2D eigenvalue weighted by Crippen LogP contribution is 2.53. The van der Waals surface area contributed by atoms with Gasteiger partial charge in [-0.15, -0.1) is 0 Å². The first-order valence-corrected chi connectivity index (χ1v) is 35.3. The number of aromatic amines is 4. The molecule has 1 atom stereocenters. The lowest BCUT2D eigenvalue weighted by Crippen LogP contribution is -2.03. The van der Waals surface area contributed by atoms with E-state index in [1.165, 1.54) is 50.1 Å². The van der Waals surface area contributed by atoms with Crippen LogP contribution >= 0.6 is 11.6 Å². The minimum atomic E-state index is 0.105. The van der Waals surface area contributed by atoms with Gasteiger partial charge in [-0.25, -0.2) is 0 Å². The highest BCUT2D eigenvalue weighted by Gasteiger charge is 2.35. The van der Waals surface area contributed by atoms with Gasteiger partial charge in [0.15, 0.2) is 69.3 Å². The van der Waals surface area contributed by atoms with E-state index in [-0.39, 0.29) is 12.5 Å². The molecule has 0 spiro atoms. The Morgan fingerprint density at radius 1 is 0.452 bits per heavy atom. The maximum absolute atomic E-state index is 9.04. The molecule has 104 heavy (non-hydrogen) atoms. The average molecular weight is 1420 g/mol. The van der Waals surface area contributed by atoms with Crippen molar-refractivity contribution >= 4 is 57.6 Å². The zero-order chi connectivity index (χ0) is 72.5. The van der Waals surface area contributed by atoms with E-state index in [0.717, 1.165) is 175 Å². The molecule has 8 aromatic carbocycles. The summed E-state index contributed by atoms with van der Waals surface area (Å²) in [6.07, 6.45) is 6.14. The molecule has 0 fully saturated rings. The Bertz CT molecular complexity index is 5060. The number of anilines is 8. The van der Waals surface area contributed by atoms with Crippen LogP contribution in [-0.4, -0.2) is 108 Å². The van der Waals surface area contributed by atoms with Crippen molar-refractivity contribution in [1.82, 2.24) is 40.8 Å². The molecule has 4 aliphatic rings. The maximum Gasteiger partial charge on any atom is 0.161 e. The fraction of sp³-hybridized carbons (Fsp3) is 0.268. The number of rotatable bonds is 23. The second-order valence-corrected chi connectivity index (χ2v) is 26.0. The van der Waals surface area contributed by atoms with E-state index in [1.807, 2.05) is 85.8 Å². The van der Waals surface area contributed by atoms with Gasteiger partial charge in [-0.1, -0.05) is 80.4 Å². The van der Waals surface area contributed by atoms with E-state index in [4.69, 9.17) is 54.6 Å². The van der Waals surface area contributed by atoms with Crippen molar-refractivity contribution in [2.75, 3.05) is 83.7 Å². The van der Waals surface area contributed by atoms with Crippen LogP contribution in [0, 0.1) is 13.8 Å². The SMILES string of the molecule is CCCc1cccc(Nc2n[nH]c3c2Cc2cc(OCC)c(OCCCO)cc2-3)c1.CC[C@@H]1c2cc(OC)c(OC)cc2-c2[nH]nc(Nc3cccc(C)c3)c21.COc1cc2c(cc1OC)-c1[nH]nc(Nc3cccc(C)c3)c1C2.COc1cc2c(cc1OC)-c1[nH]nc(Nc3ccccc3Cl)c1C2. The van der Waals surface area contributed by atoms with E-state index >= 15 is 0 Å². The van der Waals surface area contributed by atoms with Gasteiger partial charge < -0.3 is 64.3 Å². The summed E-state index contributed by atoms with van der Waals surface area (Å²) < 4.78 is 44.3. The molecule has 0 amide bonds. The van der Waals surface area contributed by atoms with Gasteiger partial charge in [-0.2, -0.15) is 20.4 Å². The predicted molar refractivity (Wildman–Crippen MR) is 412 cm³/mol. The monoisotopic (exact) mass is 1420 g/mol. The standard InChI is InChI=1S/C24H29N3O3.C21H23N3O2.C19H19N3O2.C18H16ClN3O2/c1-3-7-16-8-5-9-18(12-16)25-24-20-13-17-14-21(29-4-2)22(30-11-6-10-28)15-19(17)23(20)26-27-24;1-5-14-15-10-17(25-3)18(26-4)11-16(15)20-19(14)21(24-23-20)22-13-8-6-7-12(2)9-13;1-11-5-4-6-13(7-11)20-19-15-8-12-9-16(23-2)17(24-3)10-14(12)18(15)21-22-19;1-23-15-8-10-7-12-17(11(10)9-16(15)24-2)21-22-18(12)20-14-6-4-3-5-13(14)19/h5,8-9,12,14-15,28H,3-4,6-7,10-11,13H2,1-2H3,(H2,25,26,27);6-11,14H,5H2,1-4H3,(H2,22,23,24);4-7,9-10H,8H2,1-3H3,(H2,20,21,22);3-6,8-9H,7H2,1-2H3,(H2,20,21,22)/t;14-;;/m.1../s1. The number of benzene rings is 8. The molecule has 536 valence electrons. The number of aliphatic hydroxyl groups excluding tert-OH is 1. The number of fused-ring (bicyclic) bond motifs is 12. The van der Waals surface area contributed by atoms with E-state index in [2.05, 4.69) is 156 Å². The number of hydrogen-bond donors (Lipinski definition) is 9. The number of halogens is 1. The summed E-state index contributed by atoms with van der Waals surface area (Å²) in [5.41, 5.74) is 25.7. The molecule has 9 N–H and O–H groups in total. The second-order valence-electron chi connectivity index (χ2n) is 25.6. The number of hydrogen-bond acceptors (Lipinski definition) is 17. The smallest absolute Gasteiger partial charge is 0.161 e. The highest BCUT2D eigenvalue weighted by atomic mass is 35.5. The number of H-pyrrole nitrogens is 4. The number of nitrogens with one attached hydrogen (secondary N) is 8. The number of methoxy groups -OCH3 is 6. The maximum atomic E-state index is 9.04. The summed E-state index contributed by atoms with van der Waals surface area (Å²) in [7, 11) is 9.92. The summed E-state index contributed by atoms with van der Waals surface area (Å²) in [6.45, 7) is 11.6. The topological polar surface area (TPSA) is 257 Å². The van der Waals surface area contributed by atoms with Gasteiger partial charge in [0.25, 0.3) is 0 Å². The third-order valence-corrected chi connectivity index (χ3v) is 19.3. The van der Waals surface area contributed by atoms with Gasteiger partial charge in [0, 0.05) is 99.8 Å². The number of aromatic nitrogens is 8. The molecular weight excluding hydrogens is 1330 g/mol. The Kier molecular flexibility index (Phi) is 21.7. The Morgan fingerprint density at radius 3 is 1.38 bits per heavy atom. The molecule has 16 rings (SSSR count). The van der Waals surface area contributed by atoms with Crippen LogP contribution in [-0.2, 0) is 25.7 Å². The summed E-state index contributed by atoms with van der Waals surface area (Å²) in [5, 5.41) is 54.0. The third-order valence-electron chi connectivity index (χ3n) is 18.9. The molecule has 4 aliphatic carbocycles. The van der Waals surface area contributed by atoms with Crippen LogP contribution in [0.5, 0.6) is 46.0 Å². The van der Waals surface area contributed by atoms with E-state index in [9.17, 15) is 0 Å². The van der Waals surface area contributed by atoms with Gasteiger partial charge in [0.2, 0.25) is 0 Å². The number of aliphatic hydroxyl groups is 1. The average Bonchev–Trinajstić information content (AvgIpc) is 1.61. The zero-order valence-corrected chi connectivity index (χ0v) is 61.1. The second kappa shape index (κ2) is 31.8. The van der Waals surface area contributed by atoms with Crippen molar-refractivity contribution in [1.29, 1.82) is 0 Å². The fourth-order valence-corrected chi connectivity index (χ4v) is 14.2. The normalized spacial score (nSPS) is 12.5. The predicted octanol–water partition coefficient (Wildman–Crippen LogP) is 18.3. The Hall–Kier alpha value is -11.6. The zero-order valence-electron chi connectivity index (χ0n) is 60.4. The van der Waals surface area contributed by atoms with Crippen molar-refractivity contribution in [3.63, 3.8) is 0 Å². The molecule has 4 aromatic heterocycles. The Labute approximate surface area is 610 Å². The van der Waals surface area contributed by atoms with Crippen LogP contribution in [0.3, 0.4) is 0 Å². The minimum Gasteiger partial charge on any atom is -0.493 e. The van der Waals surface area contributed by atoms with Crippen molar-refractivity contribution in [2.24, 2.45) is 0 Å². The molecule has 0 aliphatic heterocycles. The number of para-hydroxylation sites is 1. The highest BCUT2D eigenvalue weighted by molar-refractivity contribution is 6.33. The molecule has 12 aromatic rings. The first kappa shape index (κ1) is 70.9. The third kappa shape index (κ3) is 14.6. The first-order valence-electron chi connectivity index (χ1n) is 34.9. The minimum absolute atomic E-state index is 0.105. The first-order chi connectivity index (χ1) is 50.8. The van der Waals surface area contributed by atoms with Crippen LogP contribution < -0.4 is 59.2 Å². The molecule has 0 unspecified atom stereocenters. The van der Waals surface area contributed by atoms with Crippen molar-refractivity contribution in [3.05, 3.63) is 212 Å². The van der Waals surface area contributed by atoms with Crippen LogP contribution in [0.15, 0.2) is 146 Å². The summed E-state index contributed by atoms with van der Waals surface area (Å²) in [4.78, 5) is 0. The molecule has 21 nitrogen and oxygen atoms in total. The molecule has 0 radical (unpaired) electrons. The van der Waals surface area contributed by atoms with Gasteiger partial charge in [0.1, 0.15) is 0 Å². The van der Waals surface area contributed by atoms with E-state index in [1.54, 1.807) is 42.7 Å². The molecule has 0 saturated heterocycles. The molecular formula is C82H87ClN12O9. The van der Waals surface area contributed by atoms with Gasteiger partial charge in [-0.3, -0.25) is 20.4 Å². The van der Waals surface area contributed by atoms with Gasteiger partial charge in [-0.05, 0) is 170 Å². The van der Waals surface area contributed by atoms with Crippen LogP contribution in [0.1, 0.15) is 107 Å². The lowest BCUT2D eigenvalue weighted by molar-refractivity contribution is 0.225. The Morgan fingerprint density at radius 2 is 0.885 bits per heavy atom. The quantitative estimate of drug-likeness (QED) is 0.0270. The number of aryl methyl sites for hydroxylation is 3. The summed E-state index contributed by atoms with van der Waals surface area (Å²) in [5.74, 6) is 9.52. The largest absolute Gasteiger partial charge is 0.493 e. The number of nitrogens with zero attached hydrogens (tertiary/aromatic N) is 4. The lowest BCUT2D eigenvalue weighted by atomic mass is 9.94. The van der Waals surface area contributed by atoms with E-state index < -0.39 is 0 Å². The van der Waals surface area contributed by atoms with Crippen LogP contribution in [0.4, 0.5) is 46.0 Å². The fourth-order valence-electron chi connectivity index (χ4n) is 14.0. The Balaban J connectivity index is 0.000000124. The summed E-state index contributed by atoms with van der Waals surface area (Å²) in [6, 6.07) is 49.0. The summed E-state index contributed by atoms with van der Waals surface area (Å²) >= 11 is 6.23. The van der Waals surface area contributed by atoms with Crippen molar-refractivity contribution in [2.45, 2.75) is 85.5 Å². The molecule has 0 saturated carbocycles. The van der Waals surface area contributed by atoms with Crippen molar-refractivity contribution in [3.8, 4) is 91.0 Å². The van der Waals surface area contributed by atoms with Crippen LogP contribution in [0.2, 0.25) is 5.02 Å². The van der Waals surface area contributed by atoms with Crippen LogP contribution in [0.25, 0.3) is 45.0 Å². The molecule has 0 bridgehead atoms. The molecule has 4 heterocycles. The van der Waals surface area contributed by atoms with Gasteiger partial charge in [0.05, 0.1) is 89.4 Å².